The van der Waals surface area contributed by atoms with Gasteiger partial charge in [0.1, 0.15) is 0 Å². The number of nitrogens with two attached hydrogens (primary N) is 1. The molecule has 5 heteroatoms. The molecule has 0 radical (unpaired) electrons. The summed E-state index contributed by atoms with van der Waals surface area (Å²) in [6.45, 7) is 0. The van der Waals surface area contributed by atoms with Crippen molar-refractivity contribution in [2.75, 3.05) is 0 Å². The van der Waals surface area contributed by atoms with Crippen molar-refractivity contribution in [3.05, 3.63) is 46.7 Å². The van der Waals surface area contributed by atoms with Gasteiger partial charge in [-0.2, -0.15) is 8.75 Å². The monoisotopic (exact) mass is 239 g/mol. The van der Waals surface area contributed by atoms with Crippen molar-refractivity contribution in [3.63, 3.8) is 0 Å². The highest BCUT2D eigenvalue weighted by molar-refractivity contribution is 6.99. The van der Waals surface area contributed by atoms with Crippen LogP contribution in [0, 0.1) is 0 Å². The molecule has 0 spiro atoms. The van der Waals surface area contributed by atoms with Crippen LogP contribution in [0.4, 0.5) is 0 Å². The number of rotatable bonds is 3. The third kappa shape index (κ3) is 2.75. The van der Waals surface area contributed by atoms with E-state index in [1.54, 1.807) is 6.20 Å². The van der Waals surface area contributed by atoms with Crippen LogP contribution in [0.3, 0.4) is 0 Å². The van der Waals surface area contributed by atoms with Gasteiger partial charge in [-0.05, 0) is 24.1 Å². The fraction of sp³-hybridized carbons (Fsp3) is 0.200. The lowest BCUT2D eigenvalue weighted by Crippen LogP contribution is -2.13. The van der Waals surface area contributed by atoms with Crippen molar-refractivity contribution >= 4 is 23.3 Å². The molecule has 2 rings (SSSR count). The highest BCUT2D eigenvalue weighted by Gasteiger charge is 2.09. The maximum Gasteiger partial charge on any atom is 0.0913 e. The van der Waals surface area contributed by atoms with E-state index < -0.39 is 0 Å². The highest BCUT2D eigenvalue weighted by atomic mass is 35.5. The largest absolute Gasteiger partial charge is 0.322 e. The lowest BCUT2D eigenvalue weighted by atomic mass is 10.1. The number of aromatic nitrogens is 2. The van der Waals surface area contributed by atoms with Gasteiger partial charge in [0, 0.05) is 5.02 Å². The van der Waals surface area contributed by atoms with Crippen molar-refractivity contribution in [2.24, 2.45) is 5.73 Å². The van der Waals surface area contributed by atoms with E-state index in [2.05, 4.69) is 8.75 Å². The van der Waals surface area contributed by atoms with Crippen LogP contribution in [-0.2, 0) is 6.42 Å². The minimum absolute atomic E-state index is 0.0927. The quantitative estimate of drug-likeness (QED) is 0.895. The number of hydrogen-bond donors (Lipinski definition) is 1. The fourth-order valence-electron chi connectivity index (χ4n) is 1.31. The minimum atomic E-state index is -0.0927. The van der Waals surface area contributed by atoms with E-state index in [9.17, 15) is 0 Å². The zero-order chi connectivity index (χ0) is 10.7. The number of halogens is 1. The Morgan fingerprint density at radius 2 is 2.07 bits per heavy atom. The molecule has 0 aliphatic rings. The average molecular weight is 240 g/mol. The smallest absolute Gasteiger partial charge is 0.0913 e. The van der Waals surface area contributed by atoms with Gasteiger partial charge < -0.3 is 5.73 Å². The predicted molar refractivity (Wildman–Crippen MR) is 62.0 cm³/mol. The zero-order valence-corrected chi connectivity index (χ0v) is 9.50. The standard InChI is InChI=1S/C10H10ClN3S/c11-8-3-1-7(2-4-8)5-9(12)10-6-13-15-14-10/h1-4,6,9H,5,12H2. The Morgan fingerprint density at radius 1 is 1.33 bits per heavy atom. The van der Waals surface area contributed by atoms with E-state index in [1.165, 1.54) is 11.7 Å². The SMILES string of the molecule is NC(Cc1ccc(Cl)cc1)c1cnsn1. The topological polar surface area (TPSA) is 51.8 Å². The molecular formula is C10H10ClN3S. The van der Waals surface area contributed by atoms with Gasteiger partial charge in [0.2, 0.25) is 0 Å². The molecule has 0 aliphatic heterocycles. The molecule has 0 saturated heterocycles. The molecule has 0 bridgehead atoms. The highest BCUT2D eigenvalue weighted by Crippen LogP contribution is 2.16. The van der Waals surface area contributed by atoms with Crippen LogP contribution in [0.2, 0.25) is 5.02 Å². The number of benzene rings is 1. The molecule has 0 fully saturated rings. The molecular weight excluding hydrogens is 230 g/mol. The molecule has 0 amide bonds. The Morgan fingerprint density at radius 3 is 2.67 bits per heavy atom. The molecule has 78 valence electrons. The maximum atomic E-state index is 5.98. The molecule has 1 heterocycles. The van der Waals surface area contributed by atoms with Crippen LogP contribution in [-0.4, -0.2) is 8.75 Å². The summed E-state index contributed by atoms with van der Waals surface area (Å²) in [6, 6.07) is 7.58. The van der Waals surface area contributed by atoms with Crippen LogP contribution in [0.5, 0.6) is 0 Å². The summed E-state index contributed by atoms with van der Waals surface area (Å²) < 4.78 is 8.04. The van der Waals surface area contributed by atoms with Gasteiger partial charge in [-0.25, -0.2) is 0 Å². The minimum Gasteiger partial charge on any atom is -0.322 e. The zero-order valence-electron chi connectivity index (χ0n) is 7.93. The molecule has 1 aromatic heterocycles. The molecule has 15 heavy (non-hydrogen) atoms. The Balaban J connectivity index is 2.06. The van der Waals surface area contributed by atoms with Gasteiger partial charge in [-0.3, -0.25) is 0 Å². The summed E-state index contributed by atoms with van der Waals surface area (Å²) in [5.74, 6) is 0. The number of nitrogens with zero attached hydrogens (tertiary/aromatic N) is 2. The van der Waals surface area contributed by atoms with Crippen LogP contribution >= 0.6 is 23.3 Å². The third-order valence-corrected chi connectivity index (χ3v) is 2.87. The van der Waals surface area contributed by atoms with Crippen molar-refractivity contribution in [3.8, 4) is 0 Å². The first-order valence-electron chi connectivity index (χ1n) is 4.53. The van der Waals surface area contributed by atoms with Gasteiger partial charge in [0.25, 0.3) is 0 Å². The Labute approximate surface area is 97.2 Å². The van der Waals surface area contributed by atoms with E-state index in [1.807, 2.05) is 24.3 Å². The van der Waals surface area contributed by atoms with Gasteiger partial charge in [-0.15, -0.1) is 0 Å². The van der Waals surface area contributed by atoms with Crippen molar-refractivity contribution in [1.82, 2.24) is 8.75 Å². The van der Waals surface area contributed by atoms with Crippen LogP contribution < -0.4 is 5.73 Å². The summed E-state index contributed by atoms with van der Waals surface area (Å²) in [5.41, 5.74) is 7.98. The molecule has 0 saturated carbocycles. The summed E-state index contributed by atoms with van der Waals surface area (Å²) in [5, 5.41) is 0.739. The first-order chi connectivity index (χ1) is 7.25. The molecule has 2 N–H and O–H groups in total. The fourth-order valence-corrected chi connectivity index (χ4v) is 1.92. The van der Waals surface area contributed by atoms with Crippen LogP contribution in [0.25, 0.3) is 0 Å². The maximum absolute atomic E-state index is 5.98. The van der Waals surface area contributed by atoms with Crippen LogP contribution in [0.1, 0.15) is 17.3 Å². The van der Waals surface area contributed by atoms with Crippen molar-refractivity contribution in [1.29, 1.82) is 0 Å². The average Bonchev–Trinajstić information content (AvgIpc) is 2.74. The molecule has 1 atom stereocenters. The van der Waals surface area contributed by atoms with E-state index in [0.29, 0.717) is 0 Å². The lowest BCUT2D eigenvalue weighted by Gasteiger charge is -2.07. The summed E-state index contributed by atoms with van der Waals surface area (Å²) in [4.78, 5) is 0. The molecule has 1 aromatic carbocycles. The summed E-state index contributed by atoms with van der Waals surface area (Å²) in [7, 11) is 0. The molecule has 2 aromatic rings. The molecule has 0 aliphatic carbocycles. The van der Waals surface area contributed by atoms with Gasteiger partial charge in [0.05, 0.1) is 29.7 Å². The second-order valence-electron chi connectivity index (χ2n) is 3.27. The third-order valence-electron chi connectivity index (χ3n) is 2.13. The summed E-state index contributed by atoms with van der Waals surface area (Å²) >= 11 is 6.98. The van der Waals surface area contributed by atoms with E-state index in [-0.39, 0.29) is 6.04 Å². The van der Waals surface area contributed by atoms with Crippen molar-refractivity contribution in [2.45, 2.75) is 12.5 Å². The Kier molecular flexibility index (Phi) is 3.30. The Bertz CT molecular complexity index is 413. The Hall–Kier alpha value is -0.970. The second kappa shape index (κ2) is 4.70. The van der Waals surface area contributed by atoms with E-state index in [4.69, 9.17) is 17.3 Å². The second-order valence-corrected chi connectivity index (χ2v) is 4.26. The normalized spacial score (nSPS) is 12.7. The van der Waals surface area contributed by atoms with E-state index in [0.717, 1.165) is 22.7 Å². The first kappa shape index (κ1) is 10.5. The van der Waals surface area contributed by atoms with Gasteiger partial charge in [0.15, 0.2) is 0 Å². The summed E-state index contributed by atoms with van der Waals surface area (Å²) in [6.07, 6.45) is 2.47. The first-order valence-corrected chi connectivity index (χ1v) is 5.64. The van der Waals surface area contributed by atoms with E-state index >= 15 is 0 Å². The van der Waals surface area contributed by atoms with Crippen molar-refractivity contribution < 1.29 is 0 Å². The van der Waals surface area contributed by atoms with Gasteiger partial charge >= 0.3 is 0 Å². The molecule has 1 unspecified atom stereocenters. The lowest BCUT2D eigenvalue weighted by molar-refractivity contribution is 0.704. The number of hydrogen-bond acceptors (Lipinski definition) is 4. The van der Waals surface area contributed by atoms with Gasteiger partial charge in [-0.1, -0.05) is 23.7 Å². The van der Waals surface area contributed by atoms with Crippen LogP contribution in [0.15, 0.2) is 30.5 Å². The predicted octanol–water partition coefficient (Wildman–Crippen LogP) is 2.43. The molecule has 3 nitrogen and oxygen atoms in total.